The van der Waals surface area contributed by atoms with Crippen molar-refractivity contribution in [1.82, 2.24) is 0 Å². The first kappa shape index (κ1) is 20.2. The Labute approximate surface area is 193 Å². The van der Waals surface area contributed by atoms with Gasteiger partial charge in [-0.15, -0.1) is 23.5 Å². The van der Waals surface area contributed by atoms with E-state index in [0.29, 0.717) is 4.58 Å². The van der Waals surface area contributed by atoms with Crippen LogP contribution in [0.5, 0.6) is 0 Å². The number of hydrogen-bond donors (Lipinski definition) is 0. The molecule has 4 aromatic carbocycles. The van der Waals surface area contributed by atoms with Gasteiger partial charge in [-0.1, -0.05) is 115 Å². The molecule has 0 radical (unpaired) electrons. The van der Waals surface area contributed by atoms with Crippen LogP contribution in [0.4, 0.5) is 0 Å². The lowest BCUT2D eigenvalue weighted by molar-refractivity contribution is 1.38. The molecule has 1 heterocycles. The minimum absolute atomic E-state index is 0.570. The van der Waals surface area contributed by atoms with E-state index in [9.17, 15) is 0 Å². The van der Waals surface area contributed by atoms with Crippen molar-refractivity contribution < 1.29 is 0 Å². The predicted molar refractivity (Wildman–Crippen MR) is 138 cm³/mol. The van der Waals surface area contributed by atoms with Gasteiger partial charge in [0.15, 0.2) is 0 Å². The van der Waals surface area contributed by atoms with Crippen molar-refractivity contribution in [2.24, 2.45) is 0 Å². The van der Waals surface area contributed by atoms with Crippen molar-refractivity contribution in [3.05, 3.63) is 143 Å². The summed E-state index contributed by atoms with van der Waals surface area (Å²) in [4.78, 5) is 0. The van der Waals surface area contributed by atoms with Crippen LogP contribution in [0.25, 0.3) is 11.1 Å². The standard InChI is InChI=1S/C29H24S2/c1-4-10-22(11-5-1)27(23-12-6-2-7-13-23)28(24-14-8-3-9-15-24)25-16-18-26(19-17-25)29-30-20-21-31-29/h1-19,29H,20-21H2. The Hall–Kier alpha value is -2.68. The van der Waals surface area contributed by atoms with Crippen LogP contribution in [0.15, 0.2) is 115 Å². The minimum Gasteiger partial charge on any atom is -0.142 e. The van der Waals surface area contributed by atoms with Crippen LogP contribution in [-0.2, 0) is 0 Å². The van der Waals surface area contributed by atoms with Crippen LogP contribution in [0, 0.1) is 0 Å². The molecule has 1 saturated heterocycles. The summed E-state index contributed by atoms with van der Waals surface area (Å²) in [5, 5.41) is 0. The van der Waals surface area contributed by atoms with E-state index in [4.69, 9.17) is 0 Å². The lowest BCUT2D eigenvalue weighted by atomic mass is 9.85. The van der Waals surface area contributed by atoms with Crippen molar-refractivity contribution >= 4 is 34.7 Å². The summed E-state index contributed by atoms with van der Waals surface area (Å²) in [5.41, 5.74) is 8.93. The van der Waals surface area contributed by atoms with Gasteiger partial charge in [-0.25, -0.2) is 0 Å². The third-order valence-corrected chi connectivity index (χ3v) is 8.64. The fourth-order valence-electron chi connectivity index (χ4n) is 4.08. The fraction of sp³-hybridized carbons (Fsp3) is 0.103. The largest absolute Gasteiger partial charge is 0.142 e. The molecular formula is C29H24S2. The van der Waals surface area contributed by atoms with Gasteiger partial charge in [0, 0.05) is 11.5 Å². The van der Waals surface area contributed by atoms with Crippen LogP contribution in [0.3, 0.4) is 0 Å². The highest BCUT2D eigenvalue weighted by molar-refractivity contribution is 8.19. The van der Waals surface area contributed by atoms with Crippen molar-refractivity contribution in [2.75, 3.05) is 11.5 Å². The summed E-state index contributed by atoms with van der Waals surface area (Å²) in [6.45, 7) is 0. The van der Waals surface area contributed by atoms with E-state index >= 15 is 0 Å². The van der Waals surface area contributed by atoms with E-state index in [1.54, 1.807) is 0 Å². The van der Waals surface area contributed by atoms with E-state index in [1.807, 2.05) is 0 Å². The highest BCUT2D eigenvalue weighted by Crippen LogP contribution is 2.45. The molecular weight excluding hydrogens is 412 g/mol. The Balaban J connectivity index is 1.73. The van der Waals surface area contributed by atoms with Crippen molar-refractivity contribution in [3.8, 4) is 0 Å². The molecule has 152 valence electrons. The molecule has 1 fully saturated rings. The highest BCUT2D eigenvalue weighted by Gasteiger charge is 2.20. The van der Waals surface area contributed by atoms with Crippen LogP contribution >= 0.6 is 23.5 Å². The van der Waals surface area contributed by atoms with E-state index in [0.717, 1.165) is 0 Å². The van der Waals surface area contributed by atoms with Crippen LogP contribution in [0.2, 0.25) is 0 Å². The van der Waals surface area contributed by atoms with Crippen molar-refractivity contribution in [3.63, 3.8) is 0 Å². The Morgan fingerprint density at radius 3 is 1.19 bits per heavy atom. The second kappa shape index (κ2) is 9.64. The molecule has 4 aromatic rings. The van der Waals surface area contributed by atoms with E-state index < -0.39 is 0 Å². The Kier molecular flexibility index (Phi) is 6.29. The third-order valence-electron chi connectivity index (χ3n) is 5.53. The monoisotopic (exact) mass is 436 g/mol. The van der Waals surface area contributed by atoms with Gasteiger partial charge in [0.2, 0.25) is 0 Å². The molecule has 31 heavy (non-hydrogen) atoms. The smallest absolute Gasteiger partial charge is 0.0751 e. The molecule has 2 heteroatoms. The van der Waals surface area contributed by atoms with Gasteiger partial charge < -0.3 is 0 Å². The zero-order valence-corrected chi connectivity index (χ0v) is 18.9. The molecule has 0 saturated carbocycles. The summed E-state index contributed by atoms with van der Waals surface area (Å²) >= 11 is 4.11. The molecule has 0 bridgehead atoms. The van der Waals surface area contributed by atoms with Gasteiger partial charge in [0.25, 0.3) is 0 Å². The van der Waals surface area contributed by atoms with E-state index in [-0.39, 0.29) is 0 Å². The topological polar surface area (TPSA) is 0 Å². The van der Waals surface area contributed by atoms with Crippen LogP contribution < -0.4 is 0 Å². The minimum atomic E-state index is 0.570. The maximum Gasteiger partial charge on any atom is 0.0751 e. The number of hydrogen-bond acceptors (Lipinski definition) is 2. The highest BCUT2D eigenvalue weighted by atomic mass is 32.2. The molecule has 1 aliphatic heterocycles. The summed E-state index contributed by atoms with van der Waals surface area (Å²) < 4.78 is 0.570. The Morgan fingerprint density at radius 2 is 0.806 bits per heavy atom. The molecule has 0 aliphatic carbocycles. The van der Waals surface area contributed by atoms with Crippen molar-refractivity contribution in [2.45, 2.75) is 4.58 Å². The van der Waals surface area contributed by atoms with Crippen molar-refractivity contribution in [1.29, 1.82) is 0 Å². The fourth-order valence-corrected chi connectivity index (χ4v) is 6.94. The lowest BCUT2D eigenvalue weighted by Crippen LogP contribution is -1.98. The number of benzene rings is 4. The molecule has 0 atom stereocenters. The number of thioether (sulfide) groups is 2. The molecule has 0 amide bonds. The first-order valence-electron chi connectivity index (χ1n) is 10.6. The molecule has 0 unspecified atom stereocenters. The second-order valence-electron chi connectivity index (χ2n) is 7.54. The van der Waals surface area contributed by atoms with E-state index in [2.05, 4.69) is 139 Å². The number of rotatable bonds is 5. The van der Waals surface area contributed by atoms with Gasteiger partial charge in [0.05, 0.1) is 4.58 Å². The molecule has 0 aromatic heterocycles. The van der Waals surface area contributed by atoms with Gasteiger partial charge in [-0.3, -0.25) is 0 Å². The summed E-state index contributed by atoms with van der Waals surface area (Å²) in [6, 6.07) is 41.6. The summed E-state index contributed by atoms with van der Waals surface area (Å²) in [7, 11) is 0. The summed E-state index contributed by atoms with van der Waals surface area (Å²) in [5.74, 6) is 2.50. The first-order chi connectivity index (χ1) is 15.4. The van der Waals surface area contributed by atoms with Crippen LogP contribution in [0.1, 0.15) is 32.4 Å². The predicted octanol–water partition coefficient (Wildman–Crippen LogP) is 8.17. The SMILES string of the molecule is c1ccc(C(=C(c2ccccc2)c2ccc(C3SCCS3)cc2)c2ccccc2)cc1. The first-order valence-corrected chi connectivity index (χ1v) is 12.7. The Morgan fingerprint density at radius 1 is 0.452 bits per heavy atom. The maximum absolute atomic E-state index is 2.32. The van der Waals surface area contributed by atoms with Gasteiger partial charge in [0.1, 0.15) is 0 Å². The second-order valence-corrected chi connectivity index (χ2v) is 10.3. The maximum atomic E-state index is 2.32. The average Bonchev–Trinajstić information content (AvgIpc) is 3.39. The quantitative estimate of drug-likeness (QED) is 0.289. The molecule has 0 nitrogen and oxygen atoms in total. The normalized spacial score (nSPS) is 13.8. The molecule has 1 aliphatic rings. The lowest BCUT2D eigenvalue weighted by Gasteiger charge is -2.19. The van der Waals surface area contributed by atoms with Gasteiger partial charge in [-0.2, -0.15) is 0 Å². The zero-order valence-electron chi connectivity index (χ0n) is 17.3. The zero-order chi connectivity index (χ0) is 20.9. The average molecular weight is 437 g/mol. The Bertz CT molecular complexity index is 1100. The molecule has 0 N–H and O–H groups in total. The van der Waals surface area contributed by atoms with E-state index in [1.165, 1.54) is 50.5 Å². The molecule has 5 rings (SSSR count). The summed E-state index contributed by atoms with van der Waals surface area (Å²) in [6.07, 6.45) is 0. The van der Waals surface area contributed by atoms with Gasteiger partial charge in [-0.05, 0) is 39.0 Å². The molecule has 0 spiro atoms. The van der Waals surface area contributed by atoms with Crippen LogP contribution in [-0.4, -0.2) is 11.5 Å². The van der Waals surface area contributed by atoms with Gasteiger partial charge >= 0.3 is 0 Å². The third kappa shape index (κ3) is 4.51.